The molecule has 1 unspecified atom stereocenters. The summed E-state index contributed by atoms with van der Waals surface area (Å²) in [5, 5.41) is 0. The molecule has 2 rings (SSSR count). The van der Waals surface area contributed by atoms with E-state index in [4.69, 9.17) is 4.42 Å². The third-order valence-electron chi connectivity index (χ3n) is 2.91. The topological polar surface area (TPSA) is 36.7 Å². The molecule has 0 N–H and O–H groups in total. The number of furan rings is 1. The first kappa shape index (κ1) is 11.7. The maximum absolute atomic E-state index is 12.2. The van der Waals surface area contributed by atoms with Gasteiger partial charge >= 0.3 is 0 Å². The Hall–Kier alpha value is -0.810. The van der Waals surface area contributed by atoms with Gasteiger partial charge in [0.2, 0.25) is 0 Å². The molecule has 1 aromatic rings. The number of nitrogens with zero attached hydrogens (tertiary/aromatic N) is 2. The van der Waals surface area contributed by atoms with E-state index in [9.17, 15) is 4.79 Å². The number of hydrogen-bond acceptors (Lipinski definition) is 3. The van der Waals surface area contributed by atoms with Crippen LogP contribution in [0.1, 0.15) is 17.3 Å². The SMILES string of the molecule is CC1CN(C)CCN1C(=O)c1coc(Br)c1. The van der Waals surface area contributed by atoms with Crippen LogP contribution >= 0.6 is 15.9 Å². The van der Waals surface area contributed by atoms with Crippen molar-refractivity contribution < 1.29 is 9.21 Å². The monoisotopic (exact) mass is 286 g/mol. The lowest BCUT2D eigenvalue weighted by atomic mass is 10.1. The zero-order valence-corrected chi connectivity index (χ0v) is 11.0. The van der Waals surface area contributed by atoms with Gasteiger partial charge < -0.3 is 14.2 Å². The molecule has 1 fully saturated rings. The molecular formula is C11H15BrN2O2. The van der Waals surface area contributed by atoms with Gasteiger partial charge in [0.05, 0.1) is 5.56 Å². The van der Waals surface area contributed by atoms with Crippen molar-refractivity contribution in [2.75, 3.05) is 26.7 Å². The fourth-order valence-electron chi connectivity index (χ4n) is 2.03. The van der Waals surface area contributed by atoms with Crippen LogP contribution in [0.5, 0.6) is 0 Å². The molecule has 1 saturated heterocycles. The molecule has 1 aliphatic rings. The average Bonchev–Trinajstić information content (AvgIpc) is 2.64. The van der Waals surface area contributed by atoms with Crippen LogP contribution < -0.4 is 0 Å². The van der Waals surface area contributed by atoms with Crippen molar-refractivity contribution in [1.29, 1.82) is 0 Å². The third-order valence-corrected chi connectivity index (χ3v) is 3.32. The van der Waals surface area contributed by atoms with Crippen LogP contribution in [0.2, 0.25) is 0 Å². The standard InChI is InChI=1S/C11H15BrN2O2/c1-8-6-13(2)3-4-14(8)11(15)9-5-10(12)16-7-9/h5,7-8H,3-4,6H2,1-2H3. The van der Waals surface area contributed by atoms with E-state index in [0.29, 0.717) is 10.2 Å². The van der Waals surface area contributed by atoms with Crippen molar-refractivity contribution in [3.63, 3.8) is 0 Å². The molecular weight excluding hydrogens is 272 g/mol. The maximum atomic E-state index is 12.2. The molecule has 0 saturated carbocycles. The minimum atomic E-state index is 0.0510. The Kier molecular flexibility index (Phi) is 3.35. The minimum Gasteiger partial charge on any atom is -0.457 e. The summed E-state index contributed by atoms with van der Waals surface area (Å²) in [5.74, 6) is 0.0510. The van der Waals surface area contributed by atoms with Gasteiger partial charge in [0.1, 0.15) is 6.26 Å². The van der Waals surface area contributed by atoms with Crippen LogP contribution in [0, 0.1) is 0 Å². The van der Waals surface area contributed by atoms with E-state index in [-0.39, 0.29) is 11.9 Å². The largest absolute Gasteiger partial charge is 0.457 e. The van der Waals surface area contributed by atoms with Gasteiger partial charge in [-0.1, -0.05) is 0 Å². The summed E-state index contributed by atoms with van der Waals surface area (Å²) in [7, 11) is 2.08. The molecule has 0 aliphatic carbocycles. The highest BCUT2D eigenvalue weighted by Crippen LogP contribution is 2.18. The first-order chi connectivity index (χ1) is 7.58. The van der Waals surface area contributed by atoms with Gasteiger partial charge in [-0.15, -0.1) is 0 Å². The predicted molar refractivity (Wildman–Crippen MR) is 64.4 cm³/mol. The Balaban J connectivity index is 2.10. The van der Waals surface area contributed by atoms with Gasteiger partial charge in [-0.05, 0) is 29.9 Å². The number of carbonyl (C=O) groups excluding carboxylic acids is 1. The Labute approximate surface area is 103 Å². The van der Waals surface area contributed by atoms with Crippen LogP contribution in [0.15, 0.2) is 21.4 Å². The number of likely N-dealkylation sites (N-methyl/N-ethyl adjacent to an activating group) is 1. The summed E-state index contributed by atoms with van der Waals surface area (Å²) >= 11 is 3.20. The fraction of sp³-hybridized carbons (Fsp3) is 0.545. The number of carbonyl (C=O) groups is 1. The summed E-state index contributed by atoms with van der Waals surface area (Å²) in [5.41, 5.74) is 0.614. The molecule has 0 aromatic carbocycles. The summed E-state index contributed by atoms with van der Waals surface area (Å²) in [6.07, 6.45) is 1.50. The van der Waals surface area contributed by atoms with Crippen LogP contribution in [0.25, 0.3) is 0 Å². The molecule has 1 aromatic heterocycles. The minimum absolute atomic E-state index is 0.0510. The Morgan fingerprint density at radius 2 is 2.31 bits per heavy atom. The van der Waals surface area contributed by atoms with Crippen molar-refractivity contribution in [3.05, 3.63) is 22.6 Å². The highest BCUT2D eigenvalue weighted by Gasteiger charge is 2.27. The first-order valence-corrected chi connectivity index (χ1v) is 6.11. The lowest BCUT2D eigenvalue weighted by Crippen LogP contribution is -2.52. The first-order valence-electron chi connectivity index (χ1n) is 5.31. The van der Waals surface area contributed by atoms with E-state index in [1.54, 1.807) is 6.07 Å². The van der Waals surface area contributed by atoms with E-state index in [1.807, 2.05) is 4.90 Å². The van der Waals surface area contributed by atoms with Crippen LogP contribution in [0.3, 0.4) is 0 Å². The number of piperazine rings is 1. The molecule has 1 aliphatic heterocycles. The molecule has 88 valence electrons. The highest BCUT2D eigenvalue weighted by atomic mass is 79.9. The normalized spacial score (nSPS) is 22.4. The molecule has 0 bridgehead atoms. The van der Waals surface area contributed by atoms with Crippen molar-refractivity contribution in [1.82, 2.24) is 9.80 Å². The Morgan fingerprint density at radius 3 is 2.88 bits per heavy atom. The molecule has 4 nitrogen and oxygen atoms in total. The lowest BCUT2D eigenvalue weighted by molar-refractivity contribution is 0.0533. The zero-order chi connectivity index (χ0) is 11.7. The van der Waals surface area contributed by atoms with E-state index >= 15 is 0 Å². The molecule has 5 heteroatoms. The quantitative estimate of drug-likeness (QED) is 0.790. The second kappa shape index (κ2) is 4.59. The van der Waals surface area contributed by atoms with Gasteiger partial charge in [0, 0.05) is 31.7 Å². The van der Waals surface area contributed by atoms with Crippen molar-refractivity contribution in [2.45, 2.75) is 13.0 Å². The predicted octanol–water partition coefficient (Wildman–Crippen LogP) is 1.82. The van der Waals surface area contributed by atoms with Crippen LogP contribution in [-0.4, -0.2) is 48.4 Å². The number of amides is 1. The maximum Gasteiger partial charge on any atom is 0.257 e. The van der Waals surface area contributed by atoms with Gasteiger partial charge in [-0.2, -0.15) is 0 Å². The van der Waals surface area contributed by atoms with E-state index in [1.165, 1.54) is 6.26 Å². The number of hydrogen-bond donors (Lipinski definition) is 0. The average molecular weight is 287 g/mol. The molecule has 1 atom stereocenters. The summed E-state index contributed by atoms with van der Waals surface area (Å²) in [6, 6.07) is 1.97. The van der Waals surface area contributed by atoms with Crippen LogP contribution in [0.4, 0.5) is 0 Å². The number of rotatable bonds is 1. The molecule has 2 heterocycles. The van der Waals surface area contributed by atoms with E-state index < -0.39 is 0 Å². The molecule has 0 spiro atoms. The van der Waals surface area contributed by atoms with Gasteiger partial charge in [0.15, 0.2) is 4.67 Å². The number of halogens is 1. The summed E-state index contributed by atoms with van der Waals surface area (Å²) in [6.45, 7) is 4.70. The van der Waals surface area contributed by atoms with E-state index in [0.717, 1.165) is 19.6 Å². The second-order valence-corrected chi connectivity index (χ2v) is 5.03. The molecule has 1 amide bonds. The molecule has 16 heavy (non-hydrogen) atoms. The van der Waals surface area contributed by atoms with Crippen molar-refractivity contribution >= 4 is 21.8 Å². The molecule has 0 radical (unpaired) electrons. The fourth-order valence-corrected chi connectivity index (χ4v) is 2.37. The zero-order valence-electron chi connectivity index (χ0n) is 9.44. The van der Waals surface area contributed by atoms with Crippen molar-refractivity contribution in [2.24, 2.45) is 0 Å². The third kappa shape index (κ3) is 2.30. The second-order valence-electron chi connectivity index (χ2n) is 4.25. The van der Waals surface area contributed by atoms with E-state index in [2.05, 4.69) is 34.8 Å². The summed E-state index contributed by atoms with van der Waals surface area (Å²) < 4.78 is 5.69. The van der Waals surface area contributed by atoms with Crippen molar-refractivity contribution in [3.8, 4) is 0 Å². The smallest absolute Gasteiger partial charge is 0.257 e. The van der Waals surface area contributed by atoms with Gasteiger partial charge in [-0.25, -0.2) is 0 Å². The van der Waals surface area contributed by atoms with Crippen LogP contribution in [-0.2, 0) is 0 Å². The lowest BCUT2D eigenvalue weighted by Gasteiger charge is -2.38. The Bertz CT molecular complexity index is 391. The van der Waals surface area contributed by atoms with Gasteiger partial charge in [0.25, 0.3) is 5.91 Å². The van der Waals surface area contributed by atoms with Gasteiger partial charge in [-0.3, -0.25) is 4.79 Å². The highest BCUT2D eigenvalue weighted by molar-refractivity contribution is 9.10. The summed E-state index contributed by atoms with van der Waals surface area (Å²) in [4.78, 5) is 16.3. The Morgan fingerprint density at radius 1 is 1.56 bits per heavy atom.